The van der Waals surface area contributed by atoms with Crippen LogP contribution >= 0.6 is 0 Å². The molecule has 18 heavy (non-hydrogen) atoms. The van der Waals surface area contributed by atoms with Gasteiger partial charge in [-0.25, -0.2) is 0 Å². The molecule has 0 aromatic heterocycles. The Hall–Kier alpha value is -0.170. The fraction of sp³-hybridized carbons (Fsp3) is 1.00. The second-order valence-electron chi connectivity index (χ2n) is 6.31. The molecule has 0 radical (unpaired) electrons. The Kier molecular flexibility index (Phi) is 5.17. The van der Waals surface area contributed by atoms with Gasteiger partial charge in [-0.2, -0.15) is 17.4 Å². The summed E-state index contributed by atoms with van der Waals surface area (Å²) >= 11 is 0. The van der Waals surface area contributed by atoms with Gasteiger partial charge < -0.3 is 5.32 Å². The topological polar surface area (TPSA) is 61.4 Å². The predicted octanol–water partition coefficient (Wildman–Crippen LogP) is 1.08. The highest BCUT2D eigenvalue weighted by atomic mass is 32.2. The molecule has 1 heterocycles. The molecule has 1 aliphatic rings. The van der Waals surface area contributed by atoms with Crippen LogP contribution in [0.1, 0.15) is 47.5 Å². The first kappa shape index (κ1) is 15.9. The molecular weight excluding hydrogens is 250 g/mol. The smallest absolute Gasteiger partial charge is 0.280 e. The van der Waals surface area contributed by atoms with Gasteiger partial charge in [0.15, 0.2) is 0 Å². The predicted molar refractivity (Wildman–Crippen MR) is 74.7 cm³/mol. The van der Waals surface area contributed by atoms with Crippen molar-refractivity contribution in [2.24, 2.45) is 0 Å². The van der Waals surface area contributed by atoms with E-state index < -0.39 is 15.7 Å². The van der Waals surface area contributed by atoms with E-state index in [0.717, 1.165) is 19.4 Å². The van der Waals surface area contributed by atoms with Gasteiger partial charge in [-0.15, -0.1) is 0 Å². The summed E-state index contributed by atoms with van der Waals surface area (Å²) in [4.78, 5) is 0. The van der Waals surface area contributed by atoms with Gasteiger partial charge in [-0.05, 0) is 54.0 Å². The fourth-order valence-electron chi connectivity index (χ4n) is 2.16. The summed E-state index contributed by atoms with van der Waals surface area (Å²) in [6, 6.07) is 0.246. The highest BCUT2D eigenvalue weighted by Gasteiger charge is 2.31. The first-order chi connectivity index (χ1) is 8.12. The molecule has 1 fully saturated rings. The van der Waals surface area contributed by atoms with Gasteiger partial charge in [0.2, 0.25) is 0 Å². The molecule has 0 aromatic carbocycles. The molecule has 6 heteroatoms. The Morgan fingerprint density at radius 3 is 2.39 bits per heavy atom. The molecule has 1 unspecified atom stereocenters. The van der Waals surface area contributed by atoms with E-state index in [-0.39, 0.29) is 12.1 Å². The molecule has 0 amide bonds. The van der Waals surface area contributed by atoms with Crippen LogP contribution in [-0.2, 0) is 10.2 Å². The summed E-state index contributed by atoms with van der Waals surface area (Å²) in [5, 5.41) is 3.34. The van der Waals surface area contributed by atoms with Crippen LogP contribution in [0.3, 0.4) is 0 Å². The van der Waals surface area contributed by atoms with Crippen LogP contribution in [0.4, 0.5) is 0 Å². The lowest BCUT2D eigenvalue weighted by atomic mass is 10.1. The second-order valence-corrected chi connectivity index (χ2v) is 7.94. The van der Waals surface area contributed by atoms with Gasteiger partial charge in [-0.1, -0.05) is 0 Å². The molecule has 1 atom stereocenters. The number of hydrogen-bond acceptors (Lipinski definition) is 3. The molecule has 0 saturated carbocycles. The van der Waals surface area contributed by atoms with E-state index in [1.54, 1.807) is 4.31 Å². The average Bonchev–Trinajstić information content (AvgIpc) is 2.61. The SMILES string of the molecule is CC(C)N(CC1CCCN1)S(=O)(=O)NC(C)(C)C. The van der Waals surface area contributed by atoms with E-state index in [4.69, 9.17) is 0 Å². The molecule has 1 rings (SSSR count). The Morgan fingerprint density at radius 1 is 1.39 bits per heavy atom. The first-order valence-electron chi connectivity index (χ1n) is 6.66. The van der Waals surface area contributed by atoms with Crippen LogP contribution in [0.2, 0.25) is 0 Å². The molecule has 108 valence electrons. The summed E-state index contributed by atoms with van der Waals surface area (Å²) in [6.07, 6.45) is 2.18. The molecule has 0 aliphatic carbocycles. The van der Waals surface area contributed by atoms with Crippen LogP contribution in [0.15, 0.2) is 0 Å². The quantitative estimate of drug-likeness (QED) is 0.790. The van der Waals surface area contributed by atoms with Crippen molar-refractivity contribution >= 4 is 10.2 Å². The molecule has 0 bridgehead atoms. The van der Waals surface area contributed by atoms with Crippen molar-refractivity contribution in [3.63, 3.8) is 0 Å². The zero-order valence-electron chi connectivity index (χ0n) is 12.2. The Labute approximate surface area is 112 Å². The van der Waals surface area contributed by atoms with E-state index in [2.05, 4.69) is 10.0 Å². The van der Waals surface area contributed by atoms with E-state index in [9.17, 15) is 8.42 Å². The molecule has 1 aliphatic heterocycles. The van der Waals surface area contributed by atoms with Crippen molar-refractivity contribution in [2.45, 2.75) is 65.1 Å². The van der Waals surface area contributed by atoms with Crippen LogP contribution in [0, 0.1) is 0 Å². The minimum atomic E-state index is -3.42. The van der Waals surface area contributed by atoms with Crippen molar-refractivity contribution in [3.05, 3.63) is 0 Å². The number of nitrogens with one attached hydrogen (secondary N) is 2. The largest absolute Gasteiger partial charge is 0.313 e. The van der Waals surface area contributed by atoms with Crippen LogP contribution in [0.25, 0.3) is 0 Å². The third-order valence-corrected chi connectivity index (χ3v) is 4.94. The maximum absolute atomic E-state index is 12.4. The molecule has 2 N–H and O–H groups in total. The Balaban J connectivity index is 2.76. The highest BCUT2D eigenvalue weighted by Crippen LogP contribution is 2.14. The molecular formula is C12H27N3O2S. The van der Waals surface area contributed by atoms with Gasteiger partial charge in [0, 0.05) is 24.2 Å². The second kappa shape index (κ2) is 5.86. The third kappa shape index (κ3) is 4.84. The number of nitrogens with zero attached hydrogens (tertiary/aromatic N) is 1. The van der Waals surface area contributed by atoms with E-state index in [0.29, 0.717) is 6.54 Å². The third-order valence-electron chi connectivity index (χ3n) is 2.88. The highest BCUT2D eigenvalue weighted by molar-refractivity contribution is 7.87. The summed E-state index contributed by atoms with van der Waals surface area (Å²) < 4.78 is 29.0. The zero-order chi connectivity index (χ0) is 14.0. The van der Waals surface area contributed by atoms with Gasteiger partial charge in [0.25, 0.3) is 10.2 Å². The first-order valence-corrected chi connectivity index (χ1v) is 8.10. The standard InChI is InChI=1S/C12H27N3O2S/c1-10(2)15(9-11-7-6-8-13-11)18(16,17)14-12(3,4)5/h10-11,13-14H,6-9H2,1-5H3. The average molecular weight is 277 g/mol. The van der Waals surface area contributed by atoms with Crippen molar-refractivity contribution < 1.29 is 8.42 Å². The van der Waals surface area contributed by atoms with Gasteiger partial charge in [-0.3, -0.25) is 0 Å². The lowest BCUT2D eigenvalue weighted by Crippen LogP contribution is -2.53. The minimum absolute atomic E-state index is 0.0350. The monoisotopic (exact) mass is 277 g/mol. The number of rotatable bonds is 5. The van der Waals surface area contributed by atoms with Gasteiger partial charge in [0.05, 0.1) is 0 Å². The lowest BCUT2D eigenvalue weighted by Gasteiger charge is -2.32. The van der Waals surface area contributed by atoms with Gasteiger partial charge >= 0.3 is 0 Å². The van der Waals surface area contributed by atoms with E-state index in [1.165, 1.54) is 0 Å². The van der Waals surface area contributed by atoms with Gasteiger partial charge in [0.1, 0.15) is 0 Å². The lowest BCUT2D eigenvalue weighted by molar-refractivity contribution is 0.310. The van der Waals surface area contributed by atoms with Crippen molar-refractivity contribution in [3.8, 4) is 0 Å². The molecule has 0 spiro atoms. The summed E-state index contributed by atoms with van der Waals surface area (Å²) in [6.45, 7) is 10.9. The maximum atomic E-state index is 12.4. The number of hydrogen-bond donors (Lipinski definition) is 2. The van der Waals surface area contributed by atoms with Crippen molar-refractivity contribution in [2.75, 3.05) is 13.1 Å². The summed E-state index contributed by atoms with van der Waals surface area (Å²) in [7, 11) is -3.42. The molecule has 0 aromatic rings. The van der Waals surface area contributed by atoms with E-state index in [1.807, 2.05) is 34.6 Å². The minimum Gasteiger partial charge on any atom is -0.313 e. The van der Waals surface area contributed by atoms with E-state index >= 15 is 0 Å². The fourth-order valence-corrected chi connectivity index (χ4v) is 3.98. The van der Waals surface area contributed by atoms with Crippen molar-refractivity contribution in [1.29, 1.82) is 0 Å². The van der Waals surface area contributed by atoms with Crippen LogP contribution in [-0.4, -0.2) is 43.4 Å². The zero-order valence-corrected chi connectivity index (χ0v) is 13.0. The summed E-state index contributed by atoms with van der Waals surface area (Å²) in [5.74, 6) is 0. The Morgan fingerprint density at radius 2 is 2.00 bits per heavy atom. The maximum Gasteiger partial charge on any atom is 0.280 e. The Bertz CT molecular complexity index is 354. The molecule has 1 saturated heterocycles. The molecule has 5 nitrogen and oxygen atoms in total. The van der Waals surface area contributed by atoms with Crippen LogP contribution < -0.4 is 10.0 Å². The van der Waals surface area contributed by atoms with Crippen LogP contribution in [0.5, 0.6) is 0 Å². The van der Waals surface area contributed by atoms with Crippen molar-refractivity contribution in [1.82, 2.24) is 14.3 Å². The summed E-state index contributed by atoms with van der Waals surface area (Å²) in [5.41, 5.74) is -0.449. The normalized spacial score (nSPS) is 22.1.